The van der Waals surface area contributed by atoms with E-state index >= 15 is 0 Å². The molecule has 2 unspecified atom stereocenters. The summed E-state index contributed by atoms with van der Waals surface area (Å²) in [6, 6.07) is 3.48. The maximum atomic E-state index is 12.8. The second kappa shape index (κ2) is 8.65. The predicted octanol–water partition coefficient (Wildman–Crippen LogP) is 3.79. The van der Waals surface area contributed by atoms with Gasteiger partial charge in [0.25, 0.3) is 0 Å². The highest BCUT2D eigenvalue weighted by atomic mass is 35.5. The van der Waals surface area contributed by atoms with Gasteiger partial charge in [0.1, 0.15) is 0 Å². The molecule has 1 saturated heterocycles. The third-order valence-electron chi connectivity index (χ3n) is 5.63. The van der Waals surface area contributed by atoms with Crippen molar-refractivity contribution in [3.05, 3.63) is 27.8 Å². The van der Waals surface area contributed by atoms with Gasteiger partial charge in [0.15, 0.2) is 5.78 Å². The van der Waals surface area contributed by atoms with E-state index in [2.05, 4.69) is 11.3 Å². The molecule has 1 radical (unpaired) electrons. The van der Waals surface area contributed by atoms with Gasteiger partial charge in [-0.25, -0.2) is 0 Å². The molecule has 25 heavy (non-hydrogen) atoms. The van der Waals surface area contributed by atoms with Gasteiger partial charge in [-0.3, -0.25) is 9.59 Å². The first-order chi connectivity index (χ1) is 12.0. The normalized spacial score (nSPS) is 25.8. The van der Waals surface area contributed by atoms with Crippen LogP contribution in [0.2, 0.25) is 4.34 Å². The first kappa shape index (κ1) is 18.9. The SMILES string of the molecule is NC(=O)C1CN(CCC2CC[CH]CC2)CCC1C(=O)c1ccc(Cl)s1. The second-order valence-corrected chi connectivity index (χ2v) is 8.99. The number of Topliss-reactive ketones (excluding diaryl/α,β-unsaturated/α-hetero) is 1. The molecule has 0 aromatic carbocycles. The summed E-state index contributed by atoms with van der Waals surface area (Å²) >= 11 is 7.23. The van der Waals surface area contributed by atoms with Crippen molar-refractivity contribution in [2.45, 2.75) is 38.5 Å². The largest absolute Gasteiger partial charge is 0.369 e. The Morgan fingerprint density at radius 2 is 1.96 bits per heavy atom. The number of amides is 1. The molecular weight excluding hydrogens is 356 g/mol. The number of likely N-dealkylation sites (tertiary alicyclic amines) is 1. The minimum atomic E-state index is -0.401. The number of carbonyl (C=O) groups is 2. The molecule has 1 aromatic rings. The van der Waals surface area contributed by atoms with Crippen LogP contribution in [0.15, 0.2) is 12.1 Å². The van der Waals surface area contributed by atoms with E-state index in [-0.39, 0.29) is 17.6 Å². The molecular formula is C19H26ClN2O2S. The van der Waals surface area contributed by atoms with Crippen LogP contribution in [-0.4, -0.2) is 36.2 Å². The fourth-order valence-corrected chi connectivity index (χ4v) is 5.15. The zero-order valence-electron chi connectivity index (χ0n) is 14.5. The topological polar surface area (TPSA) is 63.4 Å². The van der Waals surface area contributed by atoms with E-state index in [1.165, 1.54) is 43.4 Å². The summed E-state index contributed by atoms with van der Waals surface area (Å²) in [4.78, 5) is 27.7. The van der Waals surface area contributed by atoms with Crippen molar-refractivity contribution in [2.75, 3.05) is 19.6 Å². The molecule has 1 aliphatic carbocycles. The van der Waals surface area contributed by atoms with Crippen LogP contribution in [0.25, 0.3) is 0 Å². The van der Waals surface area contributed by atoms with Gasteiger partial charge in [0.2, 0.25) is 5.91 Å². The Bertz CT molecular complexity index is 612. The third kappa shape index (κ3) is 4.83. The molecule has 137 valence electrons. The average Bonchev–Trinajstić information content (AvgIpc) is 3.06. The highest BCUT2D eigenvalue weighted by molar-refractivity contribution is 7.18. The van der Waals surface area contributed by atoms with Crippen LogP contribution in [0.3, 0.4) is 0 Å². The Morgan fingerprint density at radius 3 is 2.60 bits per heavy atom. The molecule has 2 N–H and O–H groups in total. The second-order valence-electron chi connectivity index (χ2n) is 7.27. The Morgan fingerprint density at radius 1 is 1.20 bits per heavy atom. The van der Waals surface area contributed by atoms with E-state index in [1.807, 2.05) is 0 Å². The Hall–Kier alpha value is -0.910. The van der Waals surface area contributed by atoms with Crippen LogP contribution in [0, 0.1) is 24.2 Å². The fourth-order valence-electron chi connectivity index (χ4n) is 4.10. The first-order valence-electron chi connectivity index (χ1n) is 9.17. The van der Waals surface area contributed by atoms with Gasteiger partial charge in [0, 0.05) is 12.5 Å². The molecule has 0 spiro atoms. The van der Waals surface area contributed by atoms with Crippen molar-refractivity contribution in [1.29, 1.82) is 0 Å². The molecule has 3 rings (SSSR count). The van der Waals surface area contributed by atoms with E-state index < -0.39 is 5.92 Å². The van der Waals surface area contributed by atoms with Gasteiger partial charge in [-0.2, -0.15) is 0 Å². The molecule has 2 fully saturated rings. The number of halogens is 1. The third-order valence-corrected chi connectivity index (χ3v) is 6.87. The number of ketones is 1. The molecule has 1 amide bonds. The van der Waals surface area contributed by atoms with Crippen LogP contribution < -0.4 is 5.73 Å². The van der Waals surface area contributed by atoms with Crippen molar-refractivity contribution < 1.29 is 9.59 Å². The molecule has 6 heteroatoms. The molecule has 2 atom stereocenters. The van der Waals surface area contributed by atoms with Gasteiger partial charge >= 0.3 is 0 Å². The number of piperidine rings is 1. The Kier molecular flexibility index (Phi) is 6.53. The van der Waals surface area contributed by atoms with Crippen molar-refractivity contribution >= 4 is 34.6 Å². The van der Waals surface area contributed by atoms with Gasteiger partial charge in [0.05, 0.1) is 15.1 Å². The lowest BCUT2D eigenvalue weighted by molar-refractivity contribution is -0.124. The monoisotopic (exact) mass is 381 g/mol. The van der Waals surface area contributed by atoms with Gasteiger partial charge < -0.3 is 10.6 Å². The highest BCUT2D eigenvalue weighted by Gasteiger charge is 2.38. The van der Waals surface area contributed by atoms with Crippen molar-refractivity contribution in [3.63, 3.8) is 0 Å². The summed E-state index contributed by atoms with van der Waals surface area (Å²) in [6.07, 6.45) is 9.29. The minimum absolute atomic E-state index is 0.0168. The van der Waals surface area contributed by atoms with Crippen LogP contribution in [-0.2, 0) is 4.79 Å². The van der Waals surface area contributed by atoms with E-state index in [1.54, 1.807) is 12.1 Å². The molecule has 1 aliphatic heterocycles. The number of thiophene rings is 1. The lowest BCUT2D eigenvalue weighted by atomic mass is 9.81. The Balaban J connectivity index is 1.58. The van der Waals surface area contributed by atoms with E-state index in [0.29, 0.717) is 22.2 Å². The summed E-state index contributed by atoms with van der Waals surface area (Å²) in [7, 11) is 0. The number of hydrogen-bond acceptors (Lipinski definition) is 4. The number of nitrogens with zero attached hydrogens (tertiary/aromatic N) is 1. The van der Waals surface area contributed by atoms with Crippen LogP contribution in [0.1, 0.15) is 48.2 Å². The quantitative estimate of drug-likeness (QED) is 0.762. The minimum Gasteiger partial charge on any atom is -0.369 e. The standard InChI is InChI=1S/C19H26ClN2O2S/c20-17-7-6-16(25-17)18(23)14-9-11-22(12-15(14)19(21)24)10-8-13-4-2-1-3-5-13/h1,6-7,13-15H,2-5,8-12H2,(H2,21,24). The van der Waals surface area contributed by atoms with Crippen LogP contribution in [0.5, 0.6) is 0 Å². The predicted molar refractivity (Wildman–Crippen MR) is 102 cm³/mol. The molecule has 4 nitrogen and oxygen atoms in total. The van der Waals surface area contributed by atoms with E-state index in [9.17, 15) is 9.59 Å². The number of hydrogen-bond donors (Lipinski definition) is 1. The summed E-state index contributed by atoms with van der Waals surface area (Å²) in [5, 5.41) is 0. The number of primary amides is 1. The smallest absolute Gasteiger partial charge is 0.222 e. The molecule has 1 saturated carbocycles. The highest BCUT2D eigenvalue weighted by Crippen LogP contribution is 2.32. The number of rotatable bonds is 6. The van der Waals surface area contributed by atoms with E-state index in [0.717, 1.165) is 19.0 Å². The first-order valence-corrected chi connectivity index (χ1v) is 10.4. The van der Waals surface area contributed by atoms with Crippen LogP contribution >= 0.6 is 22.9 Å². The number of carbonyl (C=O) groups excluding carboxylic acids is 2. The maximum absolute atomic E-state index is 12.8. The summed E-state index contributed by atoms with van der Waals surface area (Å²) < 4.78 is 0.598. The fraction of sp³-hybridized carbons (Fsp3) is 0.632. The van der Waals surface area contributed by atoms with Crippen LogP contribution in [0.4, 0.5) is 0 Å². The van der Waals surface area contributed by atoms with Crippen molar-refractivity contribution in [2.24, 2.45) is 23.5 Å². The van der Waals surface area contributed by atoms with Gasteiger partial charge in [-0.05, 0) is 63.2 Å². The summed E-state index contributed by atoms with van der Waals surface area (Å²) in [6.45, 7) is 2.46. The lowest BCUT2D eigenvalue weighted by Gasteiger charge is -2.37. The maximum Gasteiger partial charge on any atom is 0.222 e. The Labute approximate surface area is 158 Å². The molecule has 1 aromatic heterocycles. The van der Waals surface area contributed by atoms with Crippen molar-refractivity contribution in [1.82, 2.24) is 4.90 Å². The average molecular weight is 382 g/mol. The lowest BCUT2D eigenvalue weighted by Crippen LogP contribution is -2.48. The summed E-state index contributed by atoms with van der Waals surface area (Å²) in [5.74, 6) is -0.264. The van der Waals surface area contributed by atoms with Gasteiger partial charge in [-0.15, -0.1) is 11.3 Å². The zero-order chi connectivity index (χ0) is 17.8. The molecule has 0 bridgehead atoms. The van der Waals surface area contributed by atoms with Gasteiger partial charge in [-0.1, -0.05) is 24.4 Å². The molecule has 2 heterocycles. The van der Waals surface area contributed by atoms with Crippen molar-refractivity contribution in [3.8, 4) is 0 Å². The summed E-state index contributed by atoms with van der Waals surface area (Å²) in [5.41, 5.74) is 5.64. The zero-order valence-corrected chi connectivity index (χ0v) is 16.0. The van der Waals surface area contributed by atoms with E-state index in [4.69, 9.17) is 17.3 Å². The molecule has 2 aliphatic rings. The number of nitrogens with two attached hydrogens (primary N) is 1.